The van der Waals surface area contributed by atoms with Crippen LogP contribution >= 0.6 is 0 Å². The lowest BCUT2D eigenvalue weighted by Gasteiger charge is -2.28. The minimum atomic E-state index is -0.883. The number of amides is 1. The highest BCUT2D eigenvalue weighted by Gasteiger charge is 2.32. The predicted molar refractivity (Wildman–Crippen MR) is 115 cm³/mol. The van der Waals surface area contributed by atoms with Crippen molar-refractivity contribution in [3.05, 3.63) is 58.3 Å². The molecule has 0 N–H and O–H groups in total. The highest BCUT2D eigenvalue weighted by Crippen LogP contribution is 2.31. The Morgan fingerprint density at radius 3 is 2.47 bits per heavy atom. The quantitative estimate of drug-likeness (QED) is 0.564. The van der Waals surface area contributed by atoms with Gasteiger partial charge in [-0.3, -0.25) is 4.90 Å². The summed E-state index contributed by atoms with van der Waals surface area (Å²) < 4.78 is 26.3. The van der Waals surface area contributed by atoms with Crippen molar-refractivity contribution in [1.29, 1.82) is 0 Å². The van der Waals surface area contributed by atoms with Gasteiger partial charge in [-0.25, -0.2) is 14.0 Å². The molecule has 32 heavy (non-hydrogen) atoms. The van der Waals surface area contributed by atoms with Crippen LogP contribution in [0.15, 0.2) is 41.2 Å². The molecule has 0 unspecified atom stereocenters. The van der Waals surface area contributed by atoms with E-state index in [-0.39, 0.29) is 17.5 Å². The molecule has 3 aromatic rings. The minimum Gasteiger partial charge on any atom is -0.496 e. The smallest absolute Gasteiger partial charge is 0.377 e. The summed E-state index contributed by atoms with van der Waals surface area (Å²) in [5.74, 6) is 0.0803. The molecule has 0 spiro atoms. The van der Waals surface area contributed by atoms with Crippen molar-refractivity contribution >= 4 is 11.7 Å². The zero-order chi connectivity index (χ0) is 22.8. The number of carbonyl (C=O) groups is 1. The highest BCUT2D eigenvalue weighted by atomic mass is 19.1. The molecule has 9 nitrogen and oxygen atoms in total. The van der Waals surface area contributed by atoms with Crippen LogP contribution in [0.4, 0.5) is 14.9 Å². The number of methoxy groups -OCH3 is 2. The van der Waals surface area contributed by atoms with E-state index in [1.807, 2.05) is 13.0 Å². The number of hydrogen-bond donors (Lipinski definition) is 0. The van der Waals surface area contributed by atoms with Gasteiger partial charge in [0, 0.05) is 11.7 Å². The topological polar surface area (TPSA) is 91.5 Å². The molecule has 1 saturated carbocycles. The Labute approximate surface area is 183 Å². The van der Waals surface area contributed by atoms with Crippen LogP contribution in [0.1, 0.15) is 31.2 Å². The van der Waals surface area contributed by atoms with Gasteiger partial charge in [0.15, 0.2) is 5.82 Å². The number of aromatic nitrogens is 4. The number of anilines is 1. The van der Waals surface area contributed by atoms with Crippen molar-refractivity contribution < 1.29 is 18.7 Å². The predicted octanol–water partition coefficient (Wildman–Crippen LogP) is 3.31. The SMILES string of the molecule is COc1ccc(N(C(=O)n2nnn(-c3c(F)cccc3OC)c2=O)C2CCCC2)cc1C. The molecule has 1 heterocycles. The first-order valence-electron chi connectivity index (χ1n) is 10.3. The van der Waals surface area contributed by atoms with Gasteiger partial charge in [0.2, 0.25) is 0 Å². The van der Waals surface area contributed by atoms with Crippen molar-refractivity contribution in [1.82, 2.24) is 19.8 Å². The third-order valence-corrected chi connectivity index (χ3v) is 5.70. The van der Waals surface area contributed by atoms with Crippen LogP contribution < -0.4 is 20.1 Å². The number of ether oxygens (including phenoxy) is 2. The first-order valence-corrected chi connectivity index (χ1v) is 10.3. The number of aryl methyl sites for hydroxylation is 1. The lowest BCUT2D eigenvalue weighted by molar-refractivity contribution is 0.241. The molecule has 1 fully saturated rings. The number of tetrazole rings is 1. The van der Waals surface area contributed by atoms with Crippen molar-refractivity contribution in [2.45, 2.75) is 38.6 Å². The van der Waals surface area contributed by atoms with E-state index in [4.69, 9.17) is 9.47 Å². The van der Waals surface area contributed by atoms with Gasteiger partial charge in [-0.2, -0.15) is 4.68 Å². The first-order chi connectivity index (χ1) is 15.5. The van der Waals surface area contributed by atoms with Gasteiger partial charge >= 0.3 is 11.7 Å². The van der Waals surface area contributed by atoms with Gasteiger partial charge in [-0.05, 0) is 66.1 Å². The van der Waals surface area contributed by atoms with E-state index in [1.165, 1.54) is 25.3 Å². The second-order valence-corrected chi connectivity index (χ2v) is 7.62. The molecule has 0 radical (unpaired) electrons. The average molecular weight is 441 g/mol. The number of nitrogens with zero attached hydrogens (tertiary/aromatic N) is 5. The highest BCUT2D eigenvalue weighted by molar-refractivity contribution is 5.93. The zero-order valence-electron chi connectivity index (χ0n) is 18.1. The fourth-order valence-corrected chi connectivity index (χ4v) is 4.13. The van der Waals surface area contributed by atoms with Gasteiger partial charge in [-0.1, -0.05) is 18.9 Å². The summed E-state index contributed by atoms with van der Waals surface area (Å²) >= 11 is 0. The number of halogens is 1. The summed E-state index contributed by atoms with van der Waals surface area (Å²) in [6.45, 7) is 1.88. The van der Waals surface area contributed by atoms with Crippen molar-refractivity contribution in [2.24, 2.45) is 0 Å². The van der Waals surface area contributed by atoms with Crippen LogP contribution in [-0.4, -0.2) is 46.1 Å². The van der Waals surface area contributed by atoms with Crippen LogP contribution in [0.5, 0.6) is 11.5 Å². The van der Waals surface area contributed by atoms with E-state index >= 15 is 0 Å². The van der Waals surface area contributed by atoms with E-state index in [9.17, 15) is 14.0 Å². The molecule has 0 atom stereocenters. The maximum absolute atomic E-state index is 14.5. The van der Waals surface area contributed by atoms with E-state index in [0.717, 1.165) is 35.9 Å². The van der Waals surface area contributed by atoms with Crippen molar-refractivity contribution in [3.63, 3.8) is 0 Å². The van der Waals surface area contributed by atoms with Crippen LogP contribution in [0.3, 0.4) is 0 Å². The third kappa shape index (κ3) is 3.72. The van der Waals surface area contributed by atoms with Crippen LogP contribution in [0.25, 0.3) is 5.69 Å². The molecule has 0 saturated heterocycles. The average Bonchev–Trinajstić information content (AvgIpc) is 3.44. The van der Waals surface area contributed by atoms with Gasteiger partial charge in [0.25, 0.3) is 0 Å². The largest absolute Gasteiger partial charge is 0.496 e. The van der Waals surface area contributed by atoms with Crippen molar-refractivity contribution in [2.75, 3.05) is 19.1 Å². The zero-order valence-corrected chi connectivity index (χ0v) is 18.1. The number of rotatable bonds is 5. The van der Waals surface area contributed by atoms with E-state index in [1.54, 1.807) is 24.1 Å². The molecule has 1 aromatic heterocycles. The third-order valence-electron chi connectivity index (χ3n) is 5.70. The van der Waals surface area contributed by atoms with Crippen LogP contribution in [-0.2, 0) is 0 Å². The van der Waals surface area contributed by atoms with Gasteiger partial charge < -0.3 is 9.47 Å². The Balaban J connectivity index is 1.78. The molecule has 168 valence electrons. The molecule has 4 rings (SSSR count). The Kier molecular flexibility index (Phi) is 5.93. The standard InChI is InChI=1S/C22H24FN5O4/c1-14-13-16(11-12-18(14)31-2)26(15-7-4-5-8-15)21(29)28-22(30)27(24-25-28)20-17(23)9-6-10-19(20)32-3/h6,9-13,15H,4-5,7-8H2,1-3H3. The Morgan fingerprint density at radius 2 is 1.81 bits per heavy atom. The molecular weight excluding hydrogens is 417 g/mol. The summed E-state index contributed by atoms with van der Waals surface area (Å²) in [6, 6.07) is 8.79. The van der Waals surface area contributed by atoms with Gasteiger partial charge in [0.1, 0.15) is 17.2 Å². The summed E-state index contributed by atoms with van der Waals surface area (Å²) in [7, 11) is 2.93. The van der Waals surface area contributed by atoms with E-state index in [0.29, 0.717) is 16.1 Å². The summed E-state index contributed by atoms with van der Waals surface area (Å²) in [4.78, 5) is 28.1. The molecule has 10 heteroatoms. The maximum Gasteiger partial charge on any atom is 0.377 e. The van der Waals surface area contributed by atoms with Crippen LogP contribution in [0, 0.1) is 12.7 Å². The molecule has 2 aromatic carbocycles. The lowest BCUT2D eigenvalue weighted by atomic mass is 10.1. The molecule has 1 aliphatic rings. The number of carbonyl (C=O) groups excluding carboxylic acids is 1. The monoisotopic (exact) mass is 441 g/mol. The lowest BCUT2D eigenvalue weighted by Crippen LogP contribution is -2.46. The number of para-hydroxylation sites is 1. The second kappa shape index (κ2) is 8.81. The molecule has 0 bridgehead atoms. The minimum absolute atomic E-state index is 0.0876. The summed E-state index contributed by atoms with van der Waals surface area (Å²) in [5, 5.41) is 7.52. The first kappa shape index (κ1) is 21.5. The summed E-state index contributed by atoms with van der Waals surface area (Å²) in [6.07, 6.45) is 3.58. The summed E-state index contributed by atoms with van der Waals surface area (Å²) in [5.41, 5.74) is 0.399. The fraction of sp³-hybridized carbons (Fsp3) is 0.364. The Bertz CT molecular complexity index is 1200. The molecular formula is C22H24FN5O4. The fourth-order valence-electron chi connectivity index (χ4n) is 4.13. The normalized spacial score (nSPS) is 13.9. The van der Waals surface area contributed by atoms with E-state index in [2.05, 4.69) is 10.4 Å². The second-order valence-electron chi connectivity index (χ2n) is 7.62. The van der Waals surface area contributed by atoms with Crippen LogP contribution in [0.2, 0.25) is 0 Å². The molecule has 1 amide bonds. The Morgan fingerprint density at radius 1 is 1.09 bits per heavy atom. The number of hydrogen-bond acceptors (Lipinski definition) is 6. The molecule has 1 aliphatic carbocycles. The van der Waals surface area contributed by atoms with Gasteiger partial charge in [-0.15, -0.1) is 4.68 Å². The maximum atomic E-state index is 14.5. The van der Waals surface area contributed by atoms with Gasteiger partial charge in [0.05, 0.1) is 14.2 Å². The van der Waals surface area contributed by atoms with E-state index < -0.39 is 17.5 Å². The number of benzene rings is 2. The van der Waals surface area contributed by atoms with Crippen molar-refractivity contribution in [3.8, 4) is 17.2 Å². The molecule has 0 aliphatic heterocycles. The Hall–Kier alpha value is -3.69.